The van der Waals surface area contributed by atoms with E-state index in [1.54, 1.807) is 24.0 Å². The number of nitrogens with zero attached hydrogens (tertiary/aromatic N) is 4. The quantitative estimate of drug-likeness (QED) is 0.0396. The highest BCUT2D eigenvalue weighted by Crippen LogP contribution is 2.27. The van der Waals surface area contributed by atoms with Gasteiger partial charge in [-0.1, -0.05) is 6.92 Å². The molecule has 0 saturated carbocycles. The van der Waals surface area contributed by atoms with E-state index < -0.39 is 17.7 Å². The van der Waals surface area contributed by atoms with Crippen LogP contribution in [0.1, 0.15) is 49.2 Å². The maximum atomic E-state index is 13.3. The Morgan fingerprint density at radius 3 is 1.57 bits per heavy atom. The van der Waals surface area contributed by atoms with Crippen molar-refractivity contribution in [1.82, 2.24) is 30.7 Å². The van der Waals surface area contributed by atoms with Gasteiger partial charge in [-0.3, -0.25) is 38.7 Å². The van der Waals surface area contributed by atoms with Crippen LogP contribution >= 0.6 is 0 Å². The lowest BCUT2D eigenvalue weighted by Gasteiger charge is -2.17. The van der Waals surface area contributed by atoms with Crippen LogP contribution < -0.4 is 21.7 Å². The topological polar surface area (TPSA) is 309 Å². The zero-order valence-electron chi connectivity index (χ0n) is 43.0. The zero-order valence-corrected chi connectivity index (χ0v) is 43.0. The Hall–Kier alpha value is -5.32. The van der Waals surface area contributed by atoms with Crippen LogP contribution in [-0.2, 0) is 71.3 Å². The van der Waals surface area contributed by atoms with Gasteiger partial charge < -0.3 is 79.1 Å². The number of amides is 6. The number of hydrogen-bond donors (Lipinski definition) is 5. The first-order valence-corrected chi connectivity index (χ1v) is 25.1. The monoisotopic (exact) mass is 1050 g/mol. The van der Waals surface area contributed by atoms with E-state index in [0.717, 1.165) is 23.5 Å². The third-order valence-electron chi connectivity index (χ3n) is 10.4. The summed E-state index contributed by atoms with van der Waals surface area (Å²) in [6.45, 7) is 13.6. The van der Waals surface area contributed by atoms with Crippen molar-refractivity contribution in [2.24, 2.45) is 16.6 Å². The van der Waals surface area contributed by atoms with E-state index in [-0.39, 0.29) is 68.7 Å². The fourth-order valence-electron chi connectivity index (χ4n) is 6.75. The molecule has 0 unspecified atom stereocenters. The highest BCUT2D eigenvalue weighted by molar-refractivity contribution is 6.14. The number of ether oxygens (including phenoxy) is 10. The molecule has 74 heavy (non-hydrogen) atoms. The number of nitrogens with two attached hydrogens (primary N) is 1. The molecule has 0 spiro atoms. The maximum Gasteiger partial charge on any atom is 0.255 e. The van der Waals surface area contributed by atoms with Crippen molar-refractivity contribution in [3.8, 4) is 0 Å². The van der Waals surface area contributed by atoms with Gasteiger partial charge >= 0.3 is 0 Å². The van der Waals surface area contributed by atoms with Gasteiger partial charge in [0, 0.05) is 69.7 Å². The number of aliphatic hydroxyl groups is 1. The van der Waals surface area contributed by atoms with Crippen LogP contribution in [0.25, 0.3) is 6.08 Å². The van der Waals surface area contributed by atoms with E-state index in [2.05, 4.69) is 25.9 Å². The highest BCUT2D eigenvalue weighted by atomic mass is 16.6. The Balaban J connectivity index is 0.00000469. The summed E-state index contributed by atoms with van der Waals surface area (Å²) in [7, 11) is 0. The standard InChI is InChI=1S/C47H72N8O16.C2H6O/c1-2-6-50-46(60)37-30-39-40(53-41(48)32-37)31-38(33-52-39)47(61)54-9-5-36(34-54)45(59)51-8-11-63-13-15-65-17-19-67-21-23-69-25-27-71-29-28-70-26-24-68-22-20-66-18-16-64-14-12-62-10-7-49-42(56)35-55-43(57)3-4-44(55)58;1-2-3/h3-4,30-31,33,36H,2,5-29,32,34-35H2,1H3,(H2,48,53)(H,49,56)(H,50,60)(H,51,59);3H,2H2,1H3/t36-;/m0./s1. The van der Waals surface area contributed by atoms with Crippen LogP contribution in [0.15, 0.2) is 35.0 Å². The molecule has 6 N–H and O–H groups in total. The molecule has 1 saturated heterocycles. The molecule has 0 radical (unpaired) electrons. The molecule has 3 aliphatic rings. The largest absolute Gasteiger partial charge is 0.397 e. The van der Waals surface area contributed by atoms with Crippen LogP contribution in [0.3, 0.4) is 0 Å². The molecular weight excluding hydrogens is 973 g/mol. The molecule has 1 aromatic heterocycles. The first-order valence-electron chi connectivity index (χ1n) is 25.1. The minimum Gasteiger partial charge on any atom is -0.397 e. The predicted octanol–water partition coefficient (Wildman–Crippen LogP) is -0.832. The minimum atomic E-state index is -0.500. The SMILES string of the molecule is CCCNC(=O)C1=Cc2ncc(C(=O)N3CC[C@H](C(=O)NCCOCCOCCOCCOCCOCCOCCOCCOCCOCCOCCNC(=O)CN4C(=O)C=CC4=O)C3)cc2N=C(N)C1.CCO. The Morgan fingerprint density at radius 2 is 1.11 bits per heavy atom. The summed E-state index contributed by atoms with van der Waals surface area (Å²) in [4.78, 5) is 84.7. The summed E-state index contributed by atoms with van der Waals surface area (Å²) in [5, 5.41) is 15.9. The molecular formula is C49H78N8O17. The van der Waals surface area contributed by atoms with Crippen molar-refractivity contribution in [2.75, 3.05) is 178 Å². The minimum absolute atomic E-state index is 0.133. The Labute approximate surface area is 433 Å². The normalized spacial score (nSPS) is 15.0. The predicted molar refractivity (Wildman–Crippen MR) is 268 cm³/mol. The molecule has 0 bridgehead atoms. The maximum absolute atomic E-state index is 13.3. The molecule has 0 aromatic carbocycles. The third kappa shape index (κ3) is 27.3. The fourth-order valence-corrected chi connectivity index (χ4v) is 6.75. The number of hydrogen-bond acceptors (Lipinski definition) is 20. The summed E-state index contributed by atoms with van der Waals surface area (Å²) in [6, 6.07) is 1.62. The summed E-state index contributed by atoms with van der Waals surface area (Å²) < 4.78 is 54.9. The Kier molecular flexibility index (Phi) is 34.1. The molecule has 1 aromatic rings. The Morgan fingerprint density at radius 1 is 0.662 bits per heavy atom. The molecule has 25 heteroatoms. The molecule has 0 aliphatic carbocycles. The van der Waals surface area contributed by atoms with E-state index in [4.69, 9.17) is 58.2 Å². The van der Waals surface area contributed by atoms with Crippen molar-refractivity contribution in [2.45, 2.75) is 33.1 Å². The molecule has 3 aliphatic heterocycles. The average Bonchev–Trinajstić information content (AvgIpc) is 3.96. The summed E-state index contributed by atoms with van der Waals surface area (Å²) in [6.07, 6.45) is 6.90. The lowest BCUT2D eigenvalue weighted by atomic mass is 10.1. The van der Waals surface area contributed by atoms with Gasteiger partial charge in [0.2, 0.25) is 17.7 Å². The van der Waals surface area contributed by atoms with Gasteiger partial charge in [0.1, 0.15) is 12.4 Å². The number of carbonyl (C=O) groups excluding carboxylic acids is 6. The molecule has 25 nitrogen and oxygen atoms in total. The van der Waals surface area contributed by atoms with Crippen LogP contribution in [0, 0.1) is 5.92 Å². The third-order valence-corrected chi connectivity index (χ3v) is 10.4. The van der Waals surface area contributed by atoms with Gasteiger partial charge in [-0.15, -0.1) is 0 Å². The van der Waals surface area contributed by atoms with Crippen LogP contribution in [0.5, 0.6) is 0 Å². The van der Waals surface area contributed by atoms with Crippen LogP contribution in [-0.4, -0.2) is 239 Å². The van der Waals surface area contributed by atoms with Crippen LogP contribution in [0.4, 0.5) is 5.69 Å². The number of aromatic nitrogens is 1. The second kappa shape index (κ2) is 40.1. The average molecular weight is 1050 g/mol. The molecule has 4 heterocycles. The van der Waals surface area contributed by atoms with Gasteiger partial charge in [-0.25, -0.2) is 4.99 Å². The second-order valence-electron chi connectivity index (χ2n) is 16.2. The van der Waals surface area contributed by atoms with Gasteiger partial charge in [-0.05, 0) is 31.9 Å². The zero-order chi connectivity index (χ0) is 53.4. The number of aliphatic hydroxyl groups excluding tert-OH is 1. The van der Waals surface area contributed by atoms with E-state index >= 15 is 0 Å². The van der Waals surface area contributed by atoms with E-state index in [1.165, 1.54) is 6.20 Å². The Bertz CT molecular complexity index is 1900. The smallest absolute Gasteiger partial charge is 0.255 e. The first-order chi connectivity index (χ1) is 36.1. The lowest BCUT2D eigenvalue weighted by molar-refractivity contribution is -0.141. The first kappa shape index (κ1) is 63.0. The molecule has 4 rings (SSSR count). The van der Waals surface area contributed by atoms with Crippen molar-refractivity contribution < 1.29 is 81.2 Å². The van der Waals surface area contributed by atoms with E-state index in [0.29, 0.717) is 174 Å². The van der Waals surface area contributed by atoms with Crippen LogP contribution in [0.2, 0.25) is 0 Å². The van der Waals surface area contributed by atoms with E-state index in [9.17, 15) is 28.8 Å². The molecule has 416 valence electrons. The van der Waals surface area contributed by atoms with Gasteiger partial charge in [0.05, 0.1) is 155 Å². The number of aliphatic imine (C=N–C) groups is 1. The van der Waals surface area contributed by atoms with E-state index in [1.807, 2.05) is 6.92 Å². The number of pyridine rings is 1. The van der Waals surface area contributed by atoms with Crippen molar-refractivity contribution in [3.63, 3.8) is 0 Å². The lowest BCUT2D eigenvalue weighted by Crippen LogP contribution is -2.41. The molecule has 1 fully saturated rings. The number of carbonyl (C=O) groups is 6. The summed E-state index contributed by atoms with van der Waals surface area (Å²) in [5.41, 5.74) is 7.75. The second-order valence-corrected chi connectivity index (χ2v) is 16.2. The number of rotatable bonds is 40. The number of amidine groups is 1. The van der Waals surface area contributed by atoms with Gasteiger partial charge in [0.15, 0.2) is 0 Å². The molecule has 6 amide bonds. The number of imide groups is 1. The van der Waals surface area contributed by atoms with Crippen molar-refractivity contribution >= 4 is 53.0 Å². The van der Waals surface area contributed by atoms with Crippen molar-refractivity contribution in [3.05, 3.63) is 41.2 Å². The van der Waals surface area contributed by atoms with Gasteiger partial charge in [-0.2, -0.15) is 0 Å². The summed E-state index contributed by atoms with van der Waals surface area (Å²) in [5.74, 6) is -2.13. The number of nitrogens with one attached hydrogen (secondary N) is 3. The number of likely N-dealkylation sites (tertiary alicyclic amines) is 1. The van der Waals surface area contributed by atoms with Gasteiger partial charge in [0.25, 0.3) is 17.7 Å². The van der Waals surface area contributed by atoms with Crippen molar-refractivity contribution in [1.29, 1.82) is 0 Å². The molecule has 1 atom stereocenters. The fraction of sp³-hybridized carbons (Fsp3) is 0.673. The number of fused-ring (bicyclic) bond motifs is 1. The highest BCUT2D eigenvalue weighted by Gasteiger charge is 2.32. The summed E-state index contributed by atoms with van der Waals surface area (Å²) >= 11 is 0.